The Morgan fingerprint density at radius 1 is 1.14 bits per heavy atom. The number of rotatable bonds is 4. The first-order valence-electron chi connectivity index (χ1n) is 9.43. The summed E-state index contributed by atoms with van der Waals surface area (Å²) in [5.74, 6) is -0.431. The molecule has 1 aliphatic rings. The maximum absolute atomic E-state index is 12.6. The summed E-state index contributed by atoms with van der Waals surface area (Å²) in [7, 11) is 0. The lowest BCUT2D eigenvalue weighted by molar-refractivity contribution is -0.137. The zero-order chi connectivity index (χ0) is 20.9. The molecule has 0 unspecified atom stereocenters. The van der Waals surface area contributed by atoms with Crippen LogP contribution in [0, 0.1) is 0 Å². The van der Waals surface area contributed by atoms with Crippen molar-refractivity contribution in [2.45, 2.75) is 58.7 Å². The molecule has 0 saturated carbocycles. The highest BCUT2D eigenvalue weighted by atomic mass is 16.6. The predicted molar refractivity (Wildman–Crippen MR) is 103 cm³/mol. The van der Waals surface area contributed by atoms with Gasteiger partial charge in [-0.3, -0.25) is 14.6 Å². The van der Waals surface area contributed by atoms with Crippen molar-refractivity contribution in [3.05, 3.63) is 24.3 Å². The highest BCUT2D eigenvalue weighted by molar-refractivity contribution is 5.92. The van der Waals surface area contributed by atoms with Gasteiger partial charge in [0, 0.05) is 44.5 Å². The molecule has 2 heterocycles. The first-order chi connectivity index (χ1) is 13.1. The number of piperazine rings is 1. The van der Waals surface area contributed by atoms with Crippen molar-refractivity contribution in [1.82, 2.24) is 25.1 Å². The first-order valence-corrected chi connectivity index (χ1v) is 9.43. The minimum Gasteiger partial charge on any atom is -0.444 e. The van der Waals surface area contributed by atoms with Crippen LogP contribution >= 0.6 is 0 Å². The summed E-state index contributed by atoms with van der Waals surface area (Å²) in [6, 6.07) is -0.314. The zero-order valence-electron chi connectivity index (χ0n) is 17.1. The second-order valence-corrected chi connectivity index (χ2v) is 7.84. The second-order valence-electron chi connectivity index (χ2n) is 7.84. The fourth-order valence-electron chi connectivity index (χ4n) is 3.01. The molecule has 0 radical (unpaired) electrons. The van der Waals surface area contributed by atoms with Crippen LogP contribution in [-0.2, 0) is 9.53 Å². The van der Waals surface area contributed by atoms with Gasteiger partial charge >= 0.3 is 6.09 Å². The zero-order valence-corrected chi connectivity index (χ0v) is 17.1. The fraction of sp³-hybridized carbons (Fsp3) is 0.632. The van der Waals surface area contributed by atoms with E-state index in [9.17, 15) is 14.4 Å². The van der Waals surface area contributed by atoms with Gasteiger partial charge < -0.3 is 19.9 Å². The van der Waals surface area contributed by atoms with Gasteiger partial charge in [-0.15, -0.1) is 0 Å². The molecule has 2 rings (SSSR count). The molecule has 1 aliphatic heterocycles. The van der Waals surface area contributed by atoms with Gasteiger partial charge in [-0.1, -0.05) is 0 Å². The highest BCUT2D eigenvalue weighted by Gasteiger charge is 2.37. The molecule has 3 amide bonds. The van der Waals surface area contributed by atoms with Crippen LogP contribution in [0.5, 0.6) is 0 Å². The van der Waals surface area contributed by atoms with E-state index >= 15 is 0 Å². The van der Waals surface area contributed by atoms with E-state index in [4.69, 9.17) is 4.74 Å². The molecule has 0 aromatic carbocycles. The summed E-state index contributed by atoms with van der Waals surface area (Å²) in [6.07, 6.45) is 4.11. The van der Waals surface area contributed by atoms with Crippen LogP contribution in [0.3, 0.4) is 0 Å². The molecule has 1 saturated heterocycles. The van der Waals surface area contributed by atoms with Crippen molar-refractivity contribution in [2.75, 3.05) is 19.6 Å². The standard InChI is InChI=1S/C19H29N5O4/c1-13-14(2)24(18(27)28-19(3,4)5)11-10-23(13)16(25)6-7-22-17(26)15-12-20-8-9-21-15/h8-9,12-14H,6-7,10-11H2,1-5H3,(H,22,26)/t13-,14-/m0/s1. The molecule has 1 aromatic rings. The molecular weight excluding hydrogens is 362 g/mol. The van der Waals surface area contributed by atoms with Crippen LogP contribution in [0.25, 0.3) is 0 Å². The maximum atomic E-state index is 12.6. The molecule has 1 N–H and O–H groups in total. The predicted octanol–water partition coefficient (Wildman–Crippen LogP) is 1.45. The third-order valence-electron chi connectivity index (χ3n) is 4.63. The molecule has 0 bridgehead atoms. The average Bonchev–Trinajstić information content (AvgIpc) is 2.62. The summed E-state index contributed by atoms with van der Waals surface area (Å²) in [6.45, 7) is 10.4. The Morgan fingerprint density at radius 2 is 1.79 bits per heavy atom. The van der Waals surface area contributed by atoms with E-state index in [1.165, 1.54) is 18.6 Å². The monoisotopic (exact) mass is 391 g/mol. The molecule has 154 valence electrons. The maximum Gasteiger partial charge on any atom is 0.410 e. The van der Waals surface area contributed by atoms with E-state index in [1.54, 1.807) is 9.80 Å². The summed E-state index contributed by atoms with van der Waals surface area (Å²) in [5.41, 5.74) is -0.350. The molecular formula is C19H29N5O4. The highest BCUT2D eigenvalue weighted by Crippen LogP contribution is 2.20. The largest absolute Gasteiger partial charge is 0.444 e. The molecule has 0 aliphatic carbocycles. The lowest BCUT2D eigenvalue weighted by Gasteiger charge is -2.45. The minimum absolute atomic E-state index is 0.0670. The molecule has 0 spiro atoms. The quantitative estimate of drug-likeness (QED) is 0.833. The van der Waals surface area contributed by atoms with E-state index in [-0.39, 0.29) is 48.7 Å². The van der Waals surface area contributed by atoms with Crippen molar-refractivity contribution in [1.29, 1.82) is 0 Å². The number of ether oxygens (including phenoxy) is 1. The molecule has 1 fully saturated rings. The number of nitrogens with one attached hydrogen (secondary N) is 1. The SMILES string of the molecule is C[C@H]1[C@H](C)N(C(=O)OC(C)(C)C)CCN1C(=O)CCNC(=O)c1cnccn1. The lowest BCUT2D eigenvalue weighted by Crippen LogP contribution is -2.61. The van der Waals surface area contributed by atoms with E-state index in [1.807, 2.05) is 34.6 Å². The van der Waals surface area contributed by atoms with E-state index < -0.39 is 5.60 Å². The Labute approximate surface area is 165 Å². The van der Waals surface area contributed by atoms with E-state index in [0.717, 1.165) is 0 Å². The number of carbonyl (C=O) groups excluding carboxylic acids is 3. The lowest BCUT2D eigenvalue weighted by atomic mass is 10.0. The van der Waals surface area contributed by atoms with Crippen LogP contribution < -0.4 is 5.32 Å². The number of hydrogen-bond donors (Lipinski definition) is 1. The number of carbonyl (C=O) groups is 3. The van der Waals surface area contributed by atoms with E-state index in [0.29, 0.717) is 13.1 Å². The van der Waals surface area contributed by atoms with Gasteiger partial charge in [0.05, 0.1) is 12.2 Å². The molecule has 2 atom stereocenters. The summed E-state index contributed by atoms with van der Waals surface area (Å²) >= 11 is 0. The van der Waals surface area contributed by atoms with Gasteiger partial charge in [-0.2, -0.15) is 0 Å². The average molecular weight is 391 g/mol. The number of hydrogen-bond acceptors (Lipinski definition) is 6. The smallest absolute Gasteiger partial charge is 0.410 e. The van der Waals surface area contributed by atoms with Crippen molar-refractivity contribution >= 4 is 17.9 Å². The van der Waals surface area contributed by atoms with Crippen molar-refractivity contribution in [3.8, 4) is 0 Å². The number of amides is 3. The Morgan fingerprint density at radius 3 is 2.39 bits per heavy atom. The van der Waals surface area contributed by atoms with Crippen LogP contribution in [0.2, 0.25) is 0 Å². The van der Waals surface area contributed by atoms with Crippen LogP contribution in [0.4, 0.5) is 4.79 Å². The summed E-state index contributed by atoms with van der Waals surface area (Å²) < 4.78 is 5.45. The van der Waals surface area contributed by atoms with Gasteiger partial charge in [-0.25, -0.2) is 9.78 Å². The van der Waals surface area contributed by atoms with Crippen molar-refractivity contribution in [3.63, 3.8) is 0 Å². The normalized spacial score (nSPS) is 19.9. The van der Waals surface area contributed by atoms with Crippen LogP contribution in [0.15, 0.2) is 18.6 Å². The molecule has 28 heavy (non-hydrogen) atoms. The Bertz CT molecular complexity index is 704. The Kier molecular flexibility index (Phi) is 6.93. The van der Waals surface area contributed by atoms with Crippen LogP contribution in [0.1, 0.15) is 51.5 Å². The molecule has 9 heteroatoms. The van der Waals surface area contributed by atoms with Gasteiger partial charge in [-0.05, 0) is 34.6 Å². The summed E-state index contributed by atoms with van der Waals surface area (Å²) in [4.78, 5) is 48.1. The van der Waals surface area contributed by atoms with E-state index in [2.05, 4.69) is 15.3 Å². The van der Waals surface area contributed by atoms with Crippen LogP contribution in [-0.4, -0.2) is 75.0 Å². The Hall–Kier alpha value is -2.71. The van der Waals surface area contributed by atoms with Gasteiger partial charge in [0.1, 0.15) is 11.3 Å². The fourth-order valence-corrected chi connectivity index (χ4v) is 3.01. The second kappa shape index (κ2) is 8.99. The van der Waals surface area contributed by atoms with Crippen molar-refractivity contribution in [2.24, 2.45) is 0 Å². The molecule has 1 aromatic heterocycles. The van der Waals surface area contributed by atoms with Gasteiger partial charge in [0.15, 0.2) is 0 Å². The van der Waals surface area contributed by atoms with Gasteiger partial charge in [0.2, 0.25) is 5.91 Å². The third kappa shape index (κ3) is 5.64. The molecule has 9 nitrogen and oxygen atoms in total. The Balaban J connectivity index is 1.85. The van der Waals surface area contributed by atoms with Gasteiger partial charge in [0.25, 0.3) is 5.91 Å². The number of aromatic nitrogens is 2. The van der Waals surface area contributed by atoms with Crippen molar-refractivity contribution < 1.29 is 19.1 Å². The minimum atomic E-state index is -0.561. The topological polar surface area (TPSA) is 105 Å². The third-order valence-corrected chi connectivity index (χ3v) is 4.63. The summed E-state index contributed by atoms with van der Waals surface area (Å²) in [5, 5.41) is 2.67. The first kappa shape index (κ1) is 21.6. The number of nitrogens with zero attached hydrogens (tertiary/aromatic N) is 4.